The number of nitrogens with one attached hydrogen (secondary N) is 2. The number of phenolic OH excluding ortho intramolecular Hbond substituents is 1. The van der Waals surface area contributed by atoms with Gasteiger partial charge in [0.1, 0.15) is 16.8 Å². The van der Waals surface area contributed by atoms with E-state index >= 15 is 0 Å². The van der Waals surface area contributed by atoms with Crippen LogP contribution in [0.4, 0.5) is 5.69 Å². The fraction of sp³-hybridized carbons (Fsp3) is 0.263. The fourth-order valence-electron chi connectivity index (χ4n) is 3.28. The fourth-order valence-corrected chi connectivity index (χ4v) is 3.28. The highest BCUT2D eigenvalue weighted by Gasteiger charge is 2.30. The second kappa shape index (κ2) is 7.65. The van der Waals surface area contributed by atoms with Gasteiger partial charge in [0.2, 0.25) is 5.91 Å². The number of carbonyl (C=O) groups is 2. The molecule has 1 saturated heterocycles. The van der Waals surface area contributed by atoms with Gasteiger partial charge < -0.3 is 20.1 Å². The van der Waals surface area contributed by atoms with Crippen LogP contribution < -0.4 is 5.32 Å². The van der Waals surface area contributed by atoms with Crippen molar-refractivity contribution in [3.05, 3.63) is 48.0 Å². The van der Waals surface area contributed by atoms with Gasteiger partial charge in [-0.15, -0.1) is 0 Å². The van der Waals surface area contributed by atoms with Crippen molar-refractivity contribution in [2.75, 3.05) is 25.1 Å². The minimum atomic E-state index is -0.403. The Kier molecular flexibility index (Phi) is 4.90. The van der Waals surface area contributed by atoms with E-state index in [1.54, 1.807) is 35.2 Å². The second-order valence-corrected chi connectivity index (χ2v) is 6.53. The normalized spacial score (nSPS) is 16.9. The lowest BCUT2D eigenvalue weighted by Gasteiger charge is -2.35. The van der Waals surface area contributed by atoms with Gasteiger partial charge in [0.25, 0.3) is 5.91 Å². The van der Waals surface area contributed by atoms with Gasteiger partial charge >= 0.3 is 0 Å². The van der Waals surface area contributed by atoms with Crippen LogP contribution in [0.1, 0.15) is 16.8 Å². The van der Waals surface area contributed by atoms with Crippen molar-refractivity contribution in [1.29, 1.82) is 0 Å². The molecule has 0 bridgehead atoms. The van der Waals surface area contributed by atoms with Gasteiger partial charge in [-0.1, -0.05) is 12.1 Å². The summed E-state index contributed by atoms with van der Waals surface area (Å²) in [4.78, 5) is 27.1. The molecule has 9 heteroatoms. The largest absolute Gasteiger partial charge is 0.508 e. The Hall–Kier alpha value is -3.46. The van der Waals surface area contributed by atoms with E-state index in [4.69, 9.17) is 4.74 Å². The molecule has 0 unspecified atom stereocenters. The van der Waals surface area contributed by atoms with Crippen molar-refractivity contribution in [3.63, 3.8) is 0 Å². The number of ether oxygens (including phenoxy) is 1. The van der Waals surface area contributed by atoms with Gasteiger partial charge in [-0.25, -0.2) is 0 Å². The molecule has 144 valence electrons. The number of anilines is 1. The van der Waals surface area contributed by atoms with Crippen LogP contribution in [0.25, 0.3) is 11.0 Å². The third-order valence-electron chi connectivity index (χ3n) is 4.62. The lowest BCUT2D eigenvalue weighted by atomic mass is 10.1. The van der Waals surface area contributed by atoms with E-state index in [0.717, 1.165) is 0 Å². The Morgan fingerprint density at radius 1 is 1.25 bits per heavy atom. The molecular formula is C19H19N5O4. The van der Waals surface area contributed by atoms with E-state index in [1.807, 2.05) is 0 Å². The molecule has 3 aromatic rings. The number of para-hydroxylation sites is 1. The van der Waals surface area contributed by atoms with Crippen molar-refractivity contribution >= 4 is 28.5 Å². The average Bonchev–Trinajstić information content (AvgIpc) is 3.18. The summed E-state index contributed by atoms with van der Waals surface area (Å²) < 4.78 is 5.48. The number of aromatic nitrogens is 3. The molecule has 3 N–H and O–H groups in total. The standard InChI is InChI=1S/C19H19N5O4/c25-14-4-1-3-12(9-14)19(27)24-7-8-28-11-13(24)10-17(26)20-15-5-2-6-16-18(15)22-23-21-16/h1-6,9,13,25H,7-8,10-11H2,(H,20,26)(H,21,22,23)/t13-/m0/s1. The van der Waals surface area contributed by atoms with Crippen LogP contribution in [0.5, 0.6) is 5.75 Å². The Morgan fingerprint density at radius 2 is 2.11 bits per heavy atom. The molecule has 4 rings (SSSR count). The molecule has 28 heavy (non-hydrogen) atoms. The minimum Gasteiger partial charge on any atom is -0.508 e. The summed E-state index contributed by atoms with van der Waals surface area (Å²) in [5.74, 6) is -0.468. The first kappa shape index (κ1) is 17.9. The molecule has 1 aliphatic heterocycles. The van der Waals surface area contributed by atoms with Crippen LogP contribution in [-0.4, -0.2) is 63.0 Å². The molecule has 1 fully saturated rings. The number of hydrogen-bond donors (Lipinski definition) is 3. The first-order valence-electron chi connectivity index (χ1n) is 8.89. The van der Waals surface area contributed by atoms with E-state index in [2.05, 4.69) is 20.7 Å². The molecule has 1 aromatic heterocycles. The summed E-state index contributed by atoms with van der Waals surface area (Å²) in [6, 6.07) is 11.1. The number of morpholine rings is 1. The van der Waals surface area contributed by atoms with E-state index < -0.39 is 6.04 Å². The van der Waals surface area contributed by atoms with Crippen LogP contribution in [0.2, 0.25) is 0 Å². The van der Waals surface area contributed by atoms with Crippen molar-refractivity contribution in [3.8, 4) is 5.75 Å². The quantitative estimate of drug-likeness (QED) is 0.630. The predicted molar refractivity (Wildman–Crippen MR) is 101 cm³/mol. The van der Waals surface area contributed by atoms with Gasteiger partial charge in [0.15, 0.2) is 0 Å². The number of hydrogen-bond acceptors (Lipinski definition) is 6. The Labute approximate surface area is 160 Å². The maximum absolute atomic E-state index is 12.8. The van der Waals surface area contributed by atoms with E-state index in [0.29, 0.717) is 35.4 Å². The van der Waals surface area contributed by atoms with Crippen LogP contribution in [0.3, 0.4) is 0 Å². The number of fused-ring (bicyclic) bond motifs is 1. The van der Waals surface area contributed by atoms with E-state index in [1.165, 1.54) is 12.1 Å². The van der Waals surface area contributed by atoms with Gasteiger partial charge in [0, 0.05) is 18.5 Å². The lowest BCUT2D eigenvalue weighted by molar-refractivity contribution is -0.118. The number of nitrogens with zero attached hydrogens (tertiary/aromatic N) is 3. The summed E-state index contributed by atoms with van der Waals surface area (Å²) in [5, 5.41) is 23.0. The Morgan fingerprint density at radius 3 is 2.96 bits per heavy atom. The number of aromatic hydroxyl groups is 1. The number of aromatic amines is 1. The van der Waals surface area contributed by atoms with Gasteiger partial charge in [-0.3, -0.25) is 9.59 Å². The highest BCUT2D eigenvalue weighted by atomic mass is 16.5. The molecule has 0 radical (unpaired) electrons. The van der Waals surface area contributed by atoms with E-state index in [9.17, 15) is 14.7 Å². The molecule has 1 aliphatic rings. The number of amides is 2. The number of H-pyrrole nitrogens is 1. The topological polar surface area (TPSA) is 120 Å². The molecule has 9 nitrogen and oxygen atoms in total. The maximum atomic E-state index is 12.8. The Balaban J connectivity index is 1.48. The molecule has 2 heterocycles. The van der Waals surface area contributed by atoms with Gasteiger partial charge in [0.05, 0.1) is 24.9 Å². The highest BCUT2D eigenvalue weighted by Crippen LogP contribution is 2.21. The molecule has 2 aromatic carbocycles. The van der Waals surface area contributed by atoms with Gasteiger partial charge in [-0.2, -0.15) is 15.4 Å². The first-order chi connectivity index (χ1) is 13.6. The molecule has 0 spiro atoms. The molecule has 0 aliphatic carbocycles. The molecule has 1 atom stereocenters. The SMILES string of the molecule is O=C(C[C@H]1COCCN1C(=O)c1cccc(O)c1)Nc1cccc2n[nH]nc12. The minimum absolute atomic E-state index is 0.0223. The average molecular weight is 381 g/mol. The molecule has 0 saturated carbocycles. The maximum Gasteiger partial charge on any atom is 0.254 e. The summed E-state index contributed by atoms with van der Waals surface area (Å²) in [5.41, 5.74) is 2.15. The zero-order valence-electron chi connectivity index (χ0n) is 15.0. The Bertz CT molecular complexity index is 1020. The zero-order chi connectivity index (χ0) is 19.5. The van der Waals surface area contributed by atoms with Gasteiger partial charge in [-0.05, 0) is 30.3 Å². The van der Waals surface area contributed by atoms with Crippen LogP contribution in [0, 0.1) is 0 Å². The third kappa shape index (κ3) is 3.65. The van der Waals surface area contributed by atoms with Crippen LogP contribution in [0.15, 0.2) is 42.5 Å². The number of rotatable bonds is 4. The summed E-state index contributed by atoms with van der Waals surface area (Å²) in [6.07, 6.45) is 0.0821. The van der Waals surface area contributed by atoms with Crippen LogP contribution >= 0.6 is 0 Å². The summed E-state index contributed by atoms with van der Waals surface area (Å²) >= 11 is 0. The summed E-state index contributed by atoms with van der Waals surface area (Å²) in [7, 11) is 0. The van der Waals surface area contributed by atoms with Crippen molar-refractivity contribution in [2.45, 2.75) is 12.5 Å². The van der Waals surface area contributed by atoms with E-state index in [-0.39, 0.29) is 30.6 Å². The highest BCUT2D eigenvalue weighted by molar-refractivity contribution is 6.00. The summed E-state index contributed by atoms with van der Waals surface area (Å²) in [6.45, 7) is 1.05. The number of phenols is 1. The first-order valence-corrected chi connectivity index (χ1v) is 8.89. The van der Waals surface area contributed by atoms with Crippen molar-refractivity contribution in [1.82, 2.24) is 20.3 Å². The lowest BCUT2D eigenvalue weighted by Crippen LogP contribution is -2.50. The number of carbonyl (C=O) groups excluding carboxylic acids is 2. The molecule has 2 amide bonds. The van der Waals surface area contributed by atoms with Crippen molar-refractivity contribution < 1.29 is 19.4 Å². The monoisotopic (exact) mass is 381 g/mol. The zero-order valence-corrected chi connectivity index (χ0v) is 15.0. The third-order valence-corrected chi connectivity index (χ3v) is 4.62. The molecular weight excluding hydrogens is 362 g/mol. The number of benzene rings is 2. The second-order valence-electron chi connectivity index (χ2n) is 6.53. The predicted octanol–water partition coefficient (Wildman–Crippen LogP) is 1.53. The smallest absolute Gasteiger partial charge is 0.254 e. The van der Waals surface area contributed by atoms with Crippen LogP contribution in [-0.2, 0) is 9.53 Å². The van der Waals surface area contributed by atoms with Crippen molar-refractivity contribution in [2.24, 2.45) is 0 Å².